The van der Waals surface area contributed by atoms with Gasteiger partial charge in [0.25, 0.3) is 10.0 Å². The van der Waals surface area contributed by atoms with Crippen molar-refractivity contribution in [1.82, 2.24) is 4.98 Å². The van der Waals surface area contributed by atoms with Crippen LogP contribution in [0.5, 0.6) is 11.5 Å². The molecule has 4 aromatic rings. The third-order valence-electron chi connectivity index (χ3n) is 5.35. The molecule has 0 saturated carbocycles. The van der Waals surface area contributed by atoms with Gasteiger partial charge in [0, 0.05) is 23.3 Å². The van der Waals surface area contributed by atoms with Gasteiger partial charge in [0.15, 0.2) is 16.6 Å². The van der Waals surface area contributed by atoms with Gasteiger partial charge in [-0.05, 0) is 66.1 Å². The second-order valence-electron chi connectivity index (χ2n) is 7.92. The van der Waals surface area contributed by atoms with E-state index in [0.717, 1.165) is 16.7 Å². The summed E-state index contributed by atoms with van der Waals surface area (Å²) < 4.78 is 38.7. The Labute approximate surface area is 219 Å². The Morgan fingerprint density at radius 3 is 2.54 bits per heavy atom. The number of thiazole rings is 1. The Morgan fingerprint density at radius 2 is 1.84 bits per heavy atom. The third-order valence-corrected chi connectivity index (χ3v) is 7.52. The van der Waals surface area contributed by atoms with E-state index >= 15 is 0 Å². The van der Waals surface area contributed by atoms with Crippen LogP contribution in [0.2, 0.25) is 0 Å². The van der Waals surface area contributed by atoms with Crippen molar-refractivity contribution in [3.05, 3.63) is 101 Å². The van der Waals surface area contributed by atoms with Crippen molar-refractivity contribution in [2.45, 2.75) is 18.4 Å². The predicted molar refractivity (Wildman–Crippen MR) is 146 cm³/mol. The van der Waals surface area contributed by atoms with Crippen LogP contribution in [0.25, 0.3) is 6.08 Å². The van der Waals surface area contributed by atoms with E-state index < -0.39 is 10.0 Å². The number of nitrogens with one attached hydrogen (secondary N) is 2. The molecule has 0 spiro atoms. The fourth-order valence-electron chi connectivity index (χ4n) is 3.36. The molecule has 0 radical (unpaired) electrons. The Kier molecular flexibility index (Phi) is 8.22. The number of carbonyl (C=O) groups excluding carboxylic acids is 1. The number of sulfonamides is 1. The maximum Gasteiger partial charge on any atom is 0.263 e. The lowest BCUT2D eigenvalue weighted by Crippen LogP contribution is -2.13. The number of ether oxygens (including phenoxy) is 2. The van der Waals surface area contributed by atoms with Crippen LogP contribution in [0, 0.1) is 6.92 Å². The summed E-state index contributed by atoms with van der Waals surface area (Å²) in [6.07, 6.45) is 4.55. The molecule has 1 heterocycles. The third kappa shape index (κ3) is 6.96. The van der Waals surface area contributed by atoms with Crippen molar-refractivity contribution in [3.63, 3.8) is 0 Å². The normalized spacial score (nSPS) is 11.3. The fraction of sp³-hybridized carbons (Fsp3) is 0.111. The van der Waals surface area contributed by atoms with Crippen LogP contribution in [0.15, 0.2) is 89.3 Å². The Hall–Kier alpha value is -4.15. The standard InChI is InChI=1S/C27H25N3O5S2/c1-19-5-3-4-6-21(19)18-35-24-13-7-20(17-25(24)34-2)8-14-26(31)29-22-9-11-23(12-10-22)37(32,33)30-27-28-15-16-36-27/h3-17H,18H2,1-2H3,(H,28,30)(H,29,31). The van der Waals surface area contributed by atoms with Gasteiger partial charge in [-0.25, -0.2) is 13.4 Å². The molecule has 0 aliphatic carbocycles. The van der Waals surface area contributed by atoms with Crippen molar-refractivity contribution in [2.24, 2.45) is 0 Å². The first-order valence-corrected chi connectivity index (χ1v) is 13.6. The van der Waals surface area contributed by atoms with Gasteiger partial charge in [0.2, 0.25) is 5.91 Å². The van der Waals surface area contributed by atoms with Gasteiger partial charge in [-0.1, -0.05) is 30.3 Å². The number of nitrogens with zero attached hydrogens (tertiary/aromatic N) is 1. The molecule has 4 rings (SSSR count). The van der Waals surface area contributed by atoms with Crippen LogP contribution in [0.4, 0.5) is 10.8 Å². The van der Waals surface area contributed by atoms with E-state index in [1.54, 1.807) is 30.7 Å². The number of benzene rings is 3. The van der Waals surface area contributed by atoms with E-state index in [9.17, 15) is 13.2 Å². The van der Waals surface area contributed by atoms with Crippen LogP contribution >= 0.6 is 11.3 Å². The maximum absolute atomic E-state index is 12.4. The number of methoxy groups -OCH3 is 1. The van der Waals surface area contributed by atoms with Crippen LogP contribution in [-0.4, -0.2) is 26.4 Å². The number of rotatable bonds is 10. The topological polar surface area (TPSA) is 107 Å². The first-order chi connectivity index (χ1) is 17.8. The number of aromatic nitrogens is 1. The van der Waals surface area contributed by atoms with Gasteiger partial charge in [0.1, 0.15) is 6.61 Å². The molecule has 0 fully saturated rings. The molecular weight excluding hydrogens is 510 g/mol. The number of amides is 1. The van der Waals surface area contributed by atoms with E-state index in [1.165, 1.54) is 47.9 Å². The van der Waals surface area contributed by atoms with E-state index in [-0.39, 0.29) is 15.9 Å². The van der Waals surface area contributed by atoms with Gasteiger partial charge < -0.3 is 14.8 Å². The highest BCUT2D eigenvalue weighted by molar-refractivity contribution is 7.93. The van der Waals surface area contributed by atoms with E-state index in [1.807, 2.05) is 37.3 Å². The lowest BCUT2D eigenvalue weighted by molar-refractivity contribution is -0.111. The van der Waals surface area contributed by atoms with Gasteiger partial charge >= 0.3 is 0 Å². The minimum absolute atomic E-state index is 0.0630. The van der Waals surface area contributed by atoms with E-state index in [4.69, 9.17) is 9.47 Å². The molecule has 0 bridgehead atoms. The Bertz CT molecular complexity index is 1500. The van der Waals surface area contributed by atoms with E-state index in [0.29, 0.717) is 23.8 Å². The highest BCUT2D eigenvalue weighted by Crippen LogP contribution is 2.29. The second-order valence-corrected chi connectivity index (χ2v) is 10.5. The number of carbonyl (C=O) groups is 1. The SMILES string of the molecule is COc1cc(C=CC(=O)Nc2ccc(S(=O)(=O)Nc3nccs3)cc2)ccc1OCc1ccccc1C. The quantitative estimate of drug-likeness (QED) is 0.260. The number of aryl methyl sites for hydroxylation is 1. The number of anilines is 2. The second kappa shape index (κ2) is 11.7. The minimum atomic E-state index is -3.76. The van der Waals surface area contributed by atoms with Gasteiger partial charge in [0.05, 0.1) is 12.0 Å². The molecule has 1 amide bonds. The molecule has 0 unspecified atom stereocenters. The van der Waals surface area contributed by atoms with Crippen LogP contribution < -0.4 is 19.5 Å². The first kappa shape index (κ1) is 25.9. The molecule has 0 aliphatic rings. The zero-order valence-corrected chi connectivity index (χ0v) is 21.8. The molecule has 3 aromatic carbocycles. The summed E-state index contributed by atoms with van der Waals surface area (Å²) >= 11 is 1.18. The monoisotopic (exact) mass is 535 g/mol. The maximum atomic E-state index is 12.4. The molecule has 8 nitrogen and oxygen atoms in total. The largest absolute Gasteiger partial charge is 0.493 e. The Balaban J connectivity index is 1.36. The van der Waals surface area contributed by atoms with Crippen molar-refractivity contribution < 1.29 is 22.7 Å². The van der Waals surface area contributed by atoms with Crippen molar-refractivity contribution in [1.29, 1.82) is 0 Å². The molecule has 10 heteroatoms. The lowest BCUT2D eigenvalue weighted by Gasteiger charge is -2.12. The highest BCUT2D eigenvalue weighted by atomic mass is 32.2. The average Bonchev–Trinajstić information content (AvgIpc) is 3.40. The summed E-state index contributed by atoms with van der Waals surface area (Å²) in [7, 11) is -2.20. The zero-order chi connectivity index (χ0) is 26.3. The molecule has 0 atom stereocenters. The fourth-order valence-corrected chi connectivity index (χ4v) is 5.14. The number of hydrogen-bond acceptors (Lipinski definition) is 7. The van der Waals surface area contributed by atoms with Gasteiger partial charge in [-0.15, -0.1) is 11.3 Å². The summed E-state index contributed by atoms with van der Waals surface area (Å²) in [4.78, 5) is 16.4. The van der Waals surface area contributed by atoms with Crippen LogP contribution in [-0.2, 0) is 21.4 Å². The molecule has 1 aromatic heterocycles. The molecule has 0 aliphatic heterocycles. The minimum Gasteiger partial charge on any atom is -0.493 e. The van der Waals surface area contributed by atoms with Crippen molar-refractivity contribution in [2.75, 3.05) is 17.1 Å². The average molecular weight is 536 g/mol. The van der Waals surface area contributed by atoms with Crippen molar-refractivity contribution in [3.8, 4) is 11.5 Å². The molecule has 190 valence electrons. The van der Waals surface area contributed by atoms with Gasteiger partial charge in [-0.3, -0.25) is 9.52 Å². The van der Waals surface area contributed by atoms with Crippen LogP contribution in [0.3, 0.4) is 0 Å². The highest BCUT2D eigenvalue weighted by Gasteiger charge is 2.15. The summed E-state index contributed by atoms with van der Waals surface area (Å²) in [5.41, 5.74) is 3.45. The van der Waals surface area contributed by atoms with Crippen molar-refractivity contribution >= 4 is 44.2 Å². The first-order valence-electron chi connectivity index (χ1n) is 11.2. The summed E-state index contributed by atoms with van der Waals surface area (Å²) in [5, 5.41) is 4.67. The van der Waals surface area contributed by atoms with E-state index in [2.05, 4.69) is 15.0 Å². The summed E-state index contributed by atoms with van der Waals surface area (Å²) in [6, 6.07) is 19.3. The molecule has 37 heavy (non-hydrogen) atoms. The predicted octanol–water partition coefficient (Wildman–Crippen LogP) is 5.49. The molecule has 0 saturated heterocycles. The Morgan fingerprint density at radius 1 is 1.05 bits per heavy atom. The molecule has 2 N–H and O–H groups in total. The number of hydrogen-bond donors (Lipinski definition) is 2. The van der Waals surface area contributed by atoms with Gasteiger partial charge in [-0.2, -0.15) is 0 Å². The summed E-state index contributed by atoms with van der Waals surface area (Å²) in [6.45, 7) is 2.45. The molecular formula is C27H25N3O5S2. The smallest absolute Gasteiger partial charge is 0.263 e. The zero-order valence-electron chi connectivity index (χ0n) is 20.2. The van der Waals surface area contributed by atoms with Crippen LogP contribution in [0.1, 0.15) is 16.7 Å². The summed E-state index contributed by atoms with van der Waals surface area (Å²) in [5.74, 6) is 0.793. The lowest BCUT2D eigenvalue weighted by atomic mass is 10.1.